The van der Waals surface area contributed by atoms with Crippen molar-refractivity contribution in [3.05, 3.63) is 66.1 Å². The molecule has 21 heteroatoms. The standard InChI is InChI=1S/C42H46N8O12S/c1-6-23(4)32-36(53)48-31(22(2)3)35(52)43-25(16-58-30(51)20-57-15-14-56-13-12-55-5)38-44-26(17-59-38)39-46-28(19-61-39)42-47-29(21-63-42)40-45-27(18-60-40)41-50-33(37(54)49-32)34(62-41)24-10-8-7-9-11-24/h7-11,17-19,21-23,25,31-32H,6,12-16,20H2,1-5H3,(H,43,52)(H,48,53)(H,49,54). The normalized spacial score (nSPS) is 17.4. The highest BCUT2D eigenvalue weighted by Crippen LogP contribution is 2.34. The number of carbonyl (C=O) groups excluding carboxylic acids is 4. The van der Waals surface area contributed by atoms with E-state index in [-0.39, 0.29) is 59.6 Å². The number of methoxy groups -OCH3 is 1. The first-order chi connectivity index (χ1) is 30.5. The molecule has 10 bridgehead atoms. The lowest BCUT2D eigenvalue weighted by Gasteiger charge is -2.28. The summed E-state index contributed by atoms with van der Waals surface area (Å²) in [4.78, 5) is 78.2. The second-order valence-corrected chi connectivity index (χ2v) is 15.6. The molecule has 0 radical (unpaired) electrons. The molecule has 0 saturated carbocycles. The average molecular weight is 887 g/mol. The molecule has 20 nitrogen and oxygen atoms in total. The highest BCUT2D eigenvalue weighted by Gasteiger charge is 2.35. The Hall–Kier alpha value is -6.55. The van der Waals surface area contributed by atoms with E-state index in [1.807, 2.05) is 13.0 Å². The van der Waals surface area contributed by atoms with E-state index in [4.69, 9.17) is 36.6 Å². The van der Waals surface area contributed by atoms with Crippen LogP contribution in [0.2, 0.25) is 0 Å². The smallest absolute Gasteiger partial charge is 0.332 e. The molecule has 1 aliphatic heterocycles. The lowest BCUT2D eigenvalue weighted by atomic mass is 9.96. The van der Waals surface area contributed by atoms with Crippen LogP contribution in [0.3, 0.4) is 0 Å². The average Bonchev–Trinajstić information content (AvgIpc) is 4.14. The zero-order chi connectivity index (χ0) is 44.5. The molecule has 1 aromatic carbocycles. The number of carbonyl (C=O) groups is 4. The SMILES string of the molecule is CCC(C)C1NC(=O)c2nc(oc2-c2ccccc2)-c2coc(n2)-c2csc(n2)-c2coc(n2)-c2coc(n2)C(COC(=O)COCCOCCOC)NC(=O)C(C(C)C)NC1=O. The van der Waals surface area contributed by atoms with E-state index in [0.717, 1.165) is 0 Å². The van der Waals surface area contributed by atoms with Gasteiger partial charge in [0.15, 0.2) is 22.8 Å². The predicted octanol–water partition coefficient (Wildman–Crippen LogP) is 5.11. The summed E-state index contributed by atoms with van der Waals surface area (Å²) in [5.41, 5.74) is 1.57. The predicted molar refractivity (Wildman–Crippen MR) is 222 cm³/mol. The van der Waals surface area contributed by atoms with Gasteiger partial charge in [0.25, 0.3) is 5.91 Å². The van der Waals surface area contributed by atoms with Gasteiger partial charge < -0.3 is 52.6 Å². The van der Waals surface area contributed by atoms with Gasteiger partial charge in [-0.3, -0.25) is 14.4 Å². The third-order valence-electron chi connectivity index (χ3n) is 9.87. The first kappa shape index (κ1) is 44.5. The zero-order valence-corrected chi connectivity index (χ0v) is 35.9. The fraction of sp³-hybridized carbons (Fsp3) is 0.405. The molecule has 5 aromatic heterocycles. The summed E-state index contributed by atoms with van der Waals surface area (Å²) < 4.78 is 44.7. The van der Waals surface area contributed by atoms with Gasteiger partial charge in [0.05, 0.1) is 26.4 Å². The molecule has 63 heavy (non-hydrogen) atoms. The number of oxazole rings is 4. The Bertz CT molecular complexity index is 2490. The number of nitrogens with one attached hydrogen (secondary N) is 3. The van der Waals surface area contributed by atoms with Crippen LogP contribution in [0, 0.1) is 11.8 Å². The monoisotopic (exact) mass is 886 g/mol. The van der Waals surface area contributed by atoms with Gasteiger partial charge in [-0.05, 0) is 11.8 Å². The van der Waals surface area contributed by atoms with Gasteiger partial charge in [0.1, 0.15) is 66.5 Å². The summed E-state index contributed by atoms with van der Waals surface area (Å²) in [6.07, 6.45) is 4.50. The van der Waals surface area contributed by atoms with Crippen molar-refractivity contribution in [2.75, 3.05) is 46.8 Å². The Morgan fingerprint density at radius 3 is 2.21 bits per heavy atom. The molecule has 332 valence electrons. The largest absolute Gasteiger partial charge is 0.461 e. The van der Waals surface area contributed by atoms with Crippen LogP contribution in [0.5, 0.6) is 0 Å². The fourth-order valence-corrected chi connectivity index (χ4v) is 6.99. The summed E-state index contributed by atoms with van der Waals surface area (Å²) in [5.74, 6) is -3.26. The van der Waals surface area contributed by atoms with E-state index in [2.05, 4.69) is 40.9 Å². The van der Waals surface area contributed by atoms with E-state index in [1.54, 1.807) is 57.5 Å². The van der Waals surface area contributed by atoms with Gasteiger partial charge in [0, 0.05) is 18.1 Å². The van der Waals surface area contributed by atoms with Gasteiger partial charge in [-0.15, -0.1) is 11.3 Å². The van der Waals surface area contributed by atoms with Crippen molar-refractivity contribution < 1.29 is 55.8 Å². The van der Waals surface area contributed by atoms with Crippen LogP contribution in [0.1, 0.15) is 56.5 Å². The molecule has 7 rings (SSSR count). The molecular weight excluding hydrogens is 841 g/mol. The highest BCUT2D eigenvalue weighted by atomic mass is 32.1. The molecule has 4 unspecified atom stereocenters. The Kier molecular flexibility index (Phi) is 14.5. The van der Waals surface area contributed by atoms with Gasteiger partial charge in [0.2, 0.25) is 35.4 Å². The summed E-state index contributed by atoms with van der Waals surface area (Å²) in [6, 6.07) is 5.49. The molecule has 6 heterocycles. The van der Waals surface area contributed by atoms with Gasteiger partial charge in [-0.1, -0.05) is 64.4 Å². The molecule has 0 spiro atoms. The maximum atomic E-state index is 14.2. The summed E-state index contributed by atoms with van der Waals surface area (Å²) in [6.45, 7) is 7.51. The molecular formula is C42H46N8O12S. The van der Waals surface area contributed by atoms with Crippen molar-refractivity contribution in [3.63, 3.8) is 0 Å². The Labute approximate surface area is 364 Å². The maximum Gasteiger partial charge on any atom is 0.332 e. The Balaban J connectivity index is 1.22. The lowest BCUT2D eigenvalue weighted by molar-refractivity contribution is -0.151. The van der Waals surface area contributed by atoms with Crippen LogP contribution in [-0.2, 0) is 33.3 Å². The zero-order valence-electron chi connectivity index (χ0n) is 35.1. The number of thiazole rings is 1. The molecule has 0 fully saturated rings. The van der Waals surface area contributed by atoms with Crippen molar-refractivity contribution in [2.24, 2.45) is 11.8 Å². The first-order valence-electron chi connectivity index (χ1n) is 20.1. The van der Waals surface area contributed by atoms with Crippen LogP contribution in [0.4, 0.5) is 0 Å². The lowest BCUT2D eigenvalue weighted by Crippen LogP contribution is -2.57. The summed E-state index contributed by atoms with van der Waals surface area (Å²) in [7, 11) is 1.56. The maximum absolute atomic E-state index is 14.2. The molecule has 0 aliphatic carbocycles. The van der Waals surface area contributed by atoms with Gasteiger partial charge in [-0.2, -0.15) is 0 Å². The van der Waals surface area contributed by atoms with E-state index in [9.17, 15) is 19.2 Å². The summed E-state index contributed by atoms with van der Waals surface area (Å²) in [5, 5.41) is 10.7. The number of esters is 1. The van der Waals surface area contributed by atoms with Crippen molar-refractivity contribution in [2.45, 2.75) is 52.2 Å². The van der Waals surface area contributed by atoms with Gasteiger partial charge >= 0.3 is 5.97 Å². The number of fused-ring (bicyclic) bond motifs is 14. The number of hydrogen-bond donors (Lipinski definition) is 3. The minimum atomic E-state index is -1.15. The van der Waals surface area contributed by atoms with Crippen molar-refractivity contribution in [3.8, 4) is 56.8 Å². The quantitative estimate of drug-likeness (QED) is 0.0948. The number of hydrogen-bond acceptors (Lipinski definition) is 18. The van der Waals surface area contributed by atoms with E-state index >= 15 is 0 Å². The van der Waals surface area contributed by atoms with Crippen LogP contribution in [-0.4, -0.2) is 107 Å². The van der Waals surface area contributed by atoms with E-state index in [0.29, 0.717) is 41.6 Å². The minimum absolute atomic E-state index is 0.01000. The Morgan fingerprint density at radius 2 is 1.44 bits per heavy atom. The number of ether oxygens (including phenoxy) is 4. The molecule has 3 N–H and O–H groups in total. The molecule has 3 amide bonds. The topological polar surface area (TPSA) is 258 Å². The minimum Gasteiger partial charge on any atom is -0.461 e. The third kappa shape index (κ3) is 10.7. The van der Waals surface area contributed by atoms with Crippen molar-refractivity contribution in [1.82, 2.24) is 40.9 Å². The van der Waals surface area contributed by atoms with Crippen LogP contribution >= 0.6 is 11.3 Å². The first-order valence-corrected chi connectivity index (χ1v) is 21.0. The summed E-state index contributed by atoms with van der Waals surface area (Å²) >= 11 is 1.26. The van der Waals surface area contributed by atoms with Crippen molar-refractivity contribution >= 4 is 35.0 Å². The number of amides is 3. The highest BCUT2D eigenvalue weighted by molar-refractivity contribution is 7.13. The van der Waals surface area contributed by atoms with Crippen LogP contribution in [0.15, 0.2) is 72.2 Å². The number of rotatable bonds is 14. The molecule has 6 aromatic rings. The van der Waals surface area contributed by atoms with Crippen LogP contribution < -0.4 is 16.0 Å². The molecule has 4 atom stereocenters. The van der Waals surface area contributed by atoms with Crippen molar-refractivity contribution in [1.29, 1.82) is 0 Å². The second kappa shape index (κ2) is 20.5. The number of aromatic nitrogens is 5. The second-order valence-electron chi connectivity index (χ2n) is 14.7. The van der Waals surface area contributed by atoms with Gasteiger partial charge in [-0.25, -0.2) is 29.7 Å². The molecule has 0 saturated heterocycles. The number of nitrogens with zero attached hydrogens (tertiary/aromatic N) is 5. The fourth-order valence-electron chi connectivity index (χ4n) is 6.24. The van der Waals surface area contributed by atoms with E-state index in [1.165, 1.54) is 30.1 Å². The number of benzene rings is 1. The van der Waals surface area contributed by atoms with Crippen LogP contribution in [0.25, 0.3) is 56.8 Å². The Morgan fingerprint density at radius 1 is 0.762 bits per heavy atom. The molecule has 1 aliphatic rings. The third-order valence-corrected chi connectivity index (χ3v) is 10.7. The van der Waals surface area contributed by atoms with E-state index < -0.39 is 66.9 Å².